The van der Waals surface area contributed by atoms with Crippen LogP contribution in [-0.4, -0.2) is 13.7 Å². The van der Waals surface area contributed by atoms with Crippen LogP contribution in [0.3, 0.4) is 0 Å². The van der Waals surface area contributed by atoms with E-state index in [4.69, 9.17) is 16.3 Å². The molecule has 0 saturated carbocycles. The molecule has 0 aliphatic rings. The molecule has 2 nitrogen and oxygen atoms in total. The Labute approximate surface area is 129 Å². The summed E-state index contributed by atoms with van der Waals surface area (Å²) in [6.07, 6.45) is 1.02. The molecule has 112 valence electrons. The van der Waals surface area contributed by atoms with Gasteiger partial charge in [-0.2, -0.15) is 0 Å². The molecular weight excluding hydrogens is 289 g/mol. The van der Waals surface area contributed by atoms with Crippen LogP contribution in [0.1, 0.15) is 18.9 Å². The molecule has 0 fully saturated rings. The smallest absolute Gasteiger partial charge is 0.127 e. The van der Waals surface area contributed by atoms with Gasteiger partial charge in [0, 0.05) is 22.7 Å². The van der Waals surface area contributed by atoms with Crippen LogP contribution in [0, 0.1) is 5.82 Å². The van der Waals surface area contributed by atoms with Crippen molar-refractivity contribution in [2.45, 2.75) is 19.9 Å². The summed E-state index contributed by atoms with van der Waals surface area (Å²) in [6, 6.07) is 10.5. The molecule has 0 spiro atoms. The zero-order valence-electron chi connectivity index (χ0n) is 12.2. The molecule has 0 bridgehead atoms. The Morgan fingerprint density at radius 1 is 1.19 bits per heavy atom. The minimum absolute atomic E-state index is 0.205. The summed E-state index contributed by atoms with van der Waals surface area (Å²) in [5.74, 6) is 0.516. The monoisotopic (exact) mass is 307 g/mol. The summed E-state index contributed by atoms with van der Waals surface area (Å²) in [5.41, 5.74) is 2.40. The second-order valence-electron chi connectivity index (χ2n) is 4.83. The first kappa shape index (κ1) is 15.8. The number of benzene rings is 2. The summed E-state index contributed by atoms with van der Waals surface area (Å²) in [6.45, 7) is 3.46. The van der Waals surface area contributed by atoms with Gasteiger partial charge in [0.25, 0.3) is 0 Å². The standard InChI is InChI=1S/C17H19ClFNO/c1-3-8-20-11-13-9-12(4-6-16(13)19)15-10-14(18)5-7-17(15)21-2/h4-7,9-10,20H,3,8,11H2,1-2H3. The van der Waals surface area contributed by atoms with E-state index in [1.807, 2.05) is 18.2 Å². The maximum Gasteiger partial charge on any atom is 0.127 e. The van der Waals surface area contributed by atoms with Crippen LogP contribution in [-0.2, 0) is 6.54 Å². The van der Waals surface area contributed by atoms with Gasteiger partial charge >= 0.3 is 0 Å². The molecule has 0 heterocycles. The minimum atomic E-state index is -0.205. The lowest BCUT2D eigenvalue weighted by atomic mass is 10.0. The Bertz CT molecular complexity index is 616. The molecule has 0 atom stereocenters. The predicted molar refractivity (Wildman–Crippen MR) is 85.4 cm³/mol. The van der Waals surface area contributed by atoms with Gasteiger partial charge in [0.2, 0.25) is 0 Å². The van der Waals surface area contributed by atoms with Crippen molar-refractivity contribution in [3.63, 3.8) is 0 Å². The molecule has 0 unspecified atom stereocenters. The zero-order chi connectivity index (χ0) is 15.2. The molecule has 0 amide bonds. The molecule has 2 rings (SSSR count). The molecule has 4 heteroatoms. The lowest BCUT2D eigenvalue weighted by molar-refractivity contribution is 0.416. The average molecular weight is 308 g/mol. The van der Waals surface area contributed by atoms with Gasteiger partial charge in [-0.1, -0.05) is 24.6 Å². The molecule has 0 aromatic heterocycles. The second-order valence-corrected chi connectivity index (χ2v) is 5.26. The minimum Gasteiger partial charge on any atom is -0.496 e. The largest absolute Gasteiger partial charge is 0.496 e. The van der Waals surface area contributed by atoms with E-state index < -0.39 is 0 Å². The first-order valence-electron chi connectivity index (χ1n) is 6.98. The lowest BCUT2D eigenvalue weighted by Crippen LogP contribution is -2.14. The topological polar surface area (TPSA) is 21.3 Å². The molecule has 21 heavy (non-hydrogen) atoms. The Balaban J connectivity index is 2.36. The summed E-state index contributed by atoms with van der Waals surface area (Å²) in [7, 11) is 1.61. The summed E-state index contributed by atoms with van der Waals surface area (Å²) in [4.78, 5) is 0. The Morgan fingerprint density at radius 3 is 2.71 bits per heavy atom. The Kier molecular flexibility index (Phi) is 5.59. The van der Waals surface area contributed by atoms with Crippen molar-refractivity contribution in [3.8, 4) is 16.9 Å². The fraction of sp³-hybridized carbons (Fsp3) is 0.294. The van der Waals surface area contributed by atoms with E-state index in [2.05, 4.69) is 12.2 Å². The third-order valence-corrected chi connectivity index (χ3v) is 3.50. The first-order valence-corrected chi connectivity index (χ1v) is 7.36. The average Bonchev–Trinajstić information content (AvgIpc) is 2.49. The predicted octanol–water partition coefficient (Wildman–Crippen LogP) is 4.65. The van der Waals surface area contributed by atoms with Crippen LogP contribution < -0.4 is 10.1 Å². The van der Waals surface area contributed by atoms with Gasteiger partial charge < -0.3 is 10.1 Å². The van der Waals surface area contributed by atoms with Crippen molar-refractivity contribution in [2.75, 3.05) is 13.7 Å². The van der Waals surface area contributed by atoms with Gasteiger partial charge in [0.05, 0.1) is 7.11 Å². The highest BCUT2D eigenvalue weighted by molar-refractivity contribution is 6.31. The molecule has 0 saturated heterocycles. The van der Waals surface area contributed by atoms with Crippen molar-refractivity contribution >= 4 is 11.6 Å². The molecule has 0 aliphatic carbocycles. The number of rotatable bonds is 6. The molecular formula is C17H19ClFNO. The summed E-state index contributed by atoms with van der Waals surface area (Å²) < 4.78 is 19.2. The van der Waals surface area contributed by atoms with E-state index >= 15 is 0 Å². The maximum absolute atomic E-state index is 13.9. The fourth-order valence-corrected chi connectivity index (χ4v) is 2.36. The Morgan fingerprint density at radius 2 is 2.00 bits per heavy atom. The van der Waals surface area contributed by atoms with Crippen LogP contribution in [0.5, 0.6) is 5.75 Å². The van der Waals surface area contributed by atoms with E-state index in [1.165, 1.54) is 6.07 Å². The summed E-state index contributed by atoms with van der Waals surface area (Å²) >= 11 is 6.06. The van der Waals surface area contributed by atoms with Gasteiger partial charge in [0.15, 0.2) is 0 Å². The second kappa shape index (κ2) is 7.43. The molecule has 2 aromatic carbocycles. The van der Waals surface area contributed by atoms with Gasteiger partial charge in [0.1, 0.15) is 11.6 Å². The van der Waals surface area contributed by atoms with E-state index in [0.29, 0.717) is 17.1 Å². The first-order chi connectivity index (χ1) is 10.2. The maximum atomic E-state index is 13.9. The Hall–Kier alpha value is -1.58. The van der Waals surface area contributed by atoms with Crippen molar-refractivity contribution in [1.82, 2.24) is 5.32 Å². The van der Waals surface area contributed by atoms with Gasteiger partial charge in [-0.05, 0) is 48.9 Å². The van der Waals surface area contributed by atoms with Crippen LogP contribution in [0.4, 0.5) is 4.39 Å². The highest BCUT2D eigenvalue weighted by Gasteiger charge is 2.10. The molecule has 1 N–H and O–H groups in total. The number of ether oxygens (including phenoxy) is 1. The van der Waals surface area contributed by atoms with Crippen molar-refractivity contribution in [2.24, 2.45) is 0 Å². The van der Waals surface area contributed by atoms with Gasteiger partial charge in [-0.3, -0.25) is 0 Å². The molecule has 0 aliphatic heterocycles. The van der Waals surface area contributed by atoms with Crippen LogP contribution >= 0.6 is 11.6 Å². The lowest BCUT2D eigenvalue weighted by Gasteiger charge is -2.12. The van der Waals surface area contributed by atoms with E-state index in [-0.39, 0.29) is 5.82 Å². The highest BCUT2D eigenvalue weighted by Crippen LogP contribution is 2.33. The summed E-state index contributed by atoms with van der Waals surface area (Å²) in [5, 5.41) is 3.84. The SMILES string of the molecule is CCCNCc1cc(-c2cc(Cl)ccc2OC)ccc1F. The van der Waals surface area contributed by atoms with Crippen molar-refractivity contribution in [1.29, 1.82) is 0 Å². The zero-order valence-corrected chi connectivity index (χ0v) is 13.0. The third kappa shape index (κ3) is 3.96. The quantitative estimate of drug-likeness (QED) is 0.784. The number of hydrogen-bond acceptors (Lipinski definition) is 2. The van der Waals surface area contributed by atoms with E-state index in [0.717, 1.165) is 29.8 Å². The number of halogens is 2. The van der Waals surface area contributed by atoms with Crippen LogP contribution in [0.2, 0.25) is 5.02 Å². The molecule has 2 aromatic rings. The fourth-order valence-electron chi connectivity index (χ4n) is 2.18. The number of hydrogen-bond donors (Lipinski definition) is 1. The normalized spacial score (nSPS) is 10.7. The van der Waals surface area contributed by atoms with E-state index in [9.17, 15) is 4.39 Å². The van der Waals surface area contributed by atoms with E-state index in [1.54, 1.807) is 19.2 Å². The number of nitrogens with one attached hydrogen (secondary N) is 1. The highest BCUT2D eigenvalue weighted by atomic mass is 35.5. The number of methoxy groups -OCH3 is 1. The van der Waals surface area contributed by atoms with Crippen molar-refractivity contribution in [3.05, 3.63) is 52.8 Å². The van der Waals surface area contributed by atoms with Gasteiger partial charge in [-0.25, -0.2) is 4.39 Å². The van der Waals surface area contributed by atoms with Crippen LogP contribution in [0.25, 0.3) is 11.1 Å². The van der Waals surface area contributed by atoms with Gasteiger partial charge in [-0.15, -0.1) is 0 Å². The van der Waals surface area contributed by atoms with Crippen molar-refractivity contribution < 1.29 is 9.13 Å². The van der Waals surface area contributed by atoms with Crippen LogP contribution in [0.15, 0.2) is 36.4 Å². The third-order valence-electron chi connectivity index (χ3n) is 3.26. The molecule has 0 radical (unpaired) electrons.